The molecule has 1 aromatic heterocycles. The van der Waals surface area contributed by atoms with Crippen molar-refractivity contribution in [3.63, 3.8) is 0 Å². The maximum Gasteiger partial charge on any atom is 0.188 e. The van der Waals surface area contributed by atoms with Gasteiger partial charge in [-0.15, -0.1) is 0 Å². The van der Waals surface area contributed by atoms with Crippen molar-refractivity contribution in [1.82, 2.24) is 15.3 Å². The van der Waals surface area contributed by atoms with Gasteiger partial charge >= 0.3 is 0 Å². The lowest BCUT2D eigenvalue weighted by Gasteiger charge is -2.23. The van der Waals surface area contributed by atoms with Crippen LogP contribution in [0.3, 0.4) is 0 Å². The van der Waals surface area contributed by atoms with Crippen LogP contribution in [0.2, 0.25) is 0 Å². The van der Waals surface area contributed by atoms with E-state index in [2.05, 4.69) is 27.2 Å². The van der Waals surface area contributed by atoms with Gasteiger partial charge in [0, 0.05) is 24.5 Å². The van der Waals surface area contributed by atoms with Crippen LogP contribution in [0.15, 0.2) is 17.5 Å². The molecule has 5 heteroatoms. The Kier molecular flexibility index (Phi) is 7.26. The van der Waals surface area contributed by atoms with Gasteiger partial charge in [-0.05, 0) is 38.5 Å². The molecule has 0 saturated heterocycles. The predicted molar refractivity (Wildman–Crippen MR) is 91.8 cm³/mol. The van der Waals surface area contributed by atoms with Gasteiger partial charge in [-0.25, -0.2) is 4.98 Å². The number of hydrogen-bond donors (Lipinski definition) is 3. The summed E-state index contributed by atoms with van der Waals surface area (Å²) in [4.78, 5) is 11.5. The highest BCUT2D eigenvalue weighted by molar-refractivity contribution is 5.78. The number of hydrogen-bond acceptors (Lipinski definition) is 2. The van der Waals surface area contributed by atoms with E-state index in [0.717, 1.165) is 31.0 Å². The fourth-order valence-electron chi connectivity index (χ4n) is 3.22. The van der Waals surface area contributed by atoms with Crippen molar-refractivity contribution in [3.8, 4) is 0 Å². The second-order valence-corrected chi connectivity index (χ2v) is 6.57. The zero-order chi connectivity index (χ0) is 15.6. The average Bonchev–Trinajstić information content (AvgIpc) is 3.04. The van der Waals surface area contributed by atoms with E-state index in [1.807, 2.05) is 6.20 Å². The summed E-state index contributed by atoms with van der Waals surface area (Å²) in [6.07, 6.45) is 15.2. The van der Waals surface area contributed by atoms with Gasteiger partial charge < -0.3 is 16.0 Å². The van der Waals surface area contributed by atoms with Gasteiger partial charge in [0.2, 0.25) is 0 Å². The van der Waals surface area contributed by atoms with Crippen molar-refractivity contribution < 1.29 is 0 Å². The van der Waals surface area contributed by atoms with Crippen LogP contribution in [0.25, 0.3) is 0 Å². The molecule has 0 amide bonds. The van der Waals surface area contributed by atoms with Crippen LogP contribution >= 0.6 is 0 Å². The number of guanidine groups is 1. The number of aryl methyl sites for hydroxylation is 1. The molecule has 0 aliphatic heterocycles. The van der Waals surface area contributed by atoms with Crippen molar-refractivity contribution >= 4 is 5.96 Å². The van der Waals surface area contributed by atoms with Crippen molar-refractivity contribution in [2.75, 3.05) is 6.54 Å². The number of nitrogens with two attached hydrogens (primary N) is 1. The van der Waals surface area contributed by atoms with E-state index in [1.54, 1.807) is 6.33 Å². The highest BCUT2D eigenvalue weighted by atomic mass is 15.1. The molecule has 1 heterocycles. The number of nitrogens with zero attached hydrogens (tertiary/aromatic N) is 2. The number of nitrogens with one attached hydrogen (secondary N) is 2. The van der Waals surface area contributed by atoms with Gasteiger partial charge in [-0.3, -0.25) is 4.99 Å². The molecule has 1 unspecified atom stereocenters. The van der Waals surface area contributed by atoms with Crippen molar-refractivity contribution in [2.24, 2.45) is 16.6 Å². The lowest BCUT2D eigenvalue weighted by Crippen LogP contribution is -2.38. The highest BCUT2D eigenvalue weighted by Gasteiger charge is 2.14. The van der Waals surface area contributed by atoms with E-state index in [9.17, 15) is 0 Å². The summed E-state index contributed by atoms with van der Waals surface area (Å²) >= 11 is 0. The minimum atomic E-state index is 0.415. The molecule has 1 atom stereocenters. The Labute approximate surface area is 134 Å². The third-order valence-electron chi connectivity index (χ3n) is 4.57. The molecule has 0 bridgehead atoms. The monoisotopic (exact) mass is 305 g/mol. The van der Waals surface area contributed by atoms with E-state index in [-0.39, 0.29) is 0 Å². The summed E-state index contributed by atoms with van der Waals surface area (Å²) in [5.41, 5.74) is 7.12. The smallest absolute Gasteiger partial charge is 0.188 e. The number of rotatable bonds is 8. The van der Waals surface area contributed by atoms with Gasteiger partial charge in [-0.2, -0.15) is 0 Å². The summed E-state index contributed by atoms with van der Waals surface area (Å²) in [6, 6.07) is 0.415. The summed E-state index contributed by atoms with van der Waals surface area (Å²) in [5, 5.41) is 3.32. The molecule has 1 aromatic rings. The van der Waals surface area contributed by atoms with E-state index >= 15 is 0 Å². The maximum atomic E-state index is 5.96. The van der Waals surface area contributed by atoms with Crippen LogP contribution in [0.5, 0.6) is 0 Å². The summed E-state index contributed by atoms with van der Waals surface area (Å²) in [5.74, 6) is 1.52. The number of aromatic amines is 1. The Morgan fingerprint density at radius 2 is 2.27 bits per heavy atom. The molecule has 5 nitrogen and oxygen atoms in total. The normalized spacial score (nSPS) is 18.3. The van der Waals surface area contributed by atoms with Crippen LogP contribution in [-0.2, 0) is 6.42 Å². The Morgan fingerprint density at radius 1 is 1.45 bits per heavy atom. The number of H-pyrrole nitrogens is 1. The standard InChI is InChI=1S/C17H31N5/c1-14(9-10-15-6-3-2-4-7-15)22-17(18)20-11-5-8-16-12-19-13-21-16/h12-15H,2-11H2,1H3,(H,19,21)(H3,18,20,22). The Bertz CT molecular complexity index is 420. The predicted octanol–water partition coefficient (Wildman–Crippen LogP) is 3.00. The number of aromatic nitrogens is 2. The van der Waals surface area contributed by atoms with E-state index in [0.29, 0.717) is 12.0 Å². The van der Waals surface area contributed by atoms with E-state index in [4.69, 9.17) is 5.73 Å². The maximum absolute atomic E-state index is 5.96. The van der Waals surface area contributed by atoms with Crippen LogP contribution in [-0.4, -0.2) is 28.5 Å². The summed E-state index contributed by atoms with van der Waals surface area (Å²) < 4.78 is 0. The van der Waals surface area contributed by atoms with Gasteiger partial charge in [0.15, 0.2) is 5.96 Å². The van der Waals surface area contributed by atoms with Gasteiger partial charge in [0.05, 0.1) is 6.33 Å². The minimum Gasteiger partial charge on any atom is -0.370 e. The molecular formula is C17H31N5. The third kappa shape index (κ3) is 6.50. The SMILES string of the molecule is CC(CCC1CCCCC1)NC(N)=NCCCc1cnc[nH]1. The molecule has 0 radical (unpaired) electrons. The first kappa shape index (κ1) is 16.8. The first-order chi connectivity index (χ1) is 10.7. The Hall–Kier alpha value is -1.52. The van der Waals surface area contributed by atoms with Gasteiger partial charge in [0.1, 0.15) is 0 Å². The zero-order valence-corrected chi connectivity index (χ0v) is 13.9. The quantitative estimate of drug-likeness (QED) is 0.392. The summed E-state index contributed by atoms with van der Waals surface area (Å²) in [6.45, 7) is 2.96. The average molecular weight is 305 g/mol. The van der Waals surface area contributed by atoms with Gasteiger partial charge in [-0.1, -0.05) is 32.1 Å². The molecule has 124 valence electrons. The molecule has 0 spiro atoms. The number of aliphatic imine (C=N–C) groups is 1. The minimum absolute atomic E-state index is 0.415. The van der Waals surface area contributed by atoms with Crippen LogP contribution in [0.4, 0.5) is 0 Å². The fourth-order valence-corrected chi connectivity index (χ4v) is 3.22. The highest BCUT2D eigenvalue weighted by Crippen LogP contribution is 2.27. The van der Waals surface area contributed by atoms with Crippen molar-refractivity contribution in [1.29, 1.82) is 0 Å². The second-order valence-electron chi connectivity index (χ2n) is 6.57. The Balaban J connectivity index is 1.56. The largest absolute Gasteiger partial charge is 0.370 e. The number of imidazole rings is 1. The van der Waals surface area contributed by atoms with Gasteiger partial charge in [0.25, 0.3) is 0 Å². The molecule has 1 aliphatic rings. The molecule has 1 aliphatic carbocycles. The lowest BCUT2D eigenvalue weighted by atomic mass is 9.85. The van der Waals surface area contributed by atoms with Crippen molar-refractivity contribution in [2.45, 2.75) is 70.8 Å². The van der Waals surface area contributed by atoms with Crippen LogP contribution in [0.1, 0.15) is 64.0 Å². The molecule has 22 heavy (non-hydrogen) atoms. The molecular weight excluding hydrogens is 274 g/mol. The first-order valence-corrected chi connectivity index (χ1v) is 8.77. The fraction of sp³-hybridized carbons (Fsp3) is 0.765. The van der Waals surface area contributed by atoms with Crippen LogP contribution < -0.4 is 11.1 Å². The van der Waals surface area contributed by atoms with Crippen molar-refractivity contribution in [3.05, 3.63) is 18.2 Å². The molecule has 1 fully saturated rings. The molecule has 1 saturated carbocycles. The first-order valence-electron chi connectivity index (χ1n) is 8.77. The molecule has 0 aromatic carbocycles. The molecule has 4 N–H and O–H groups in total. The van der Waals surface area contributed by atoms with Crippen LogP contribution in [0, 0.1) is 5.92 Å². The molecule has 2 rings (SSSR count). The summed E-state index contributed by atoms with van der Waals surface area (Å²) in [7, 11) is 0. The lowest BCUT2D eigenvalue weighted by molar-refractivity contribution is 0.322. The second kappa shape index (κ2) is 9.49. The van der Waals surface area contributed by atoms with E-state index < -0.39 is 0 Å². The third-order valence-corrected chi connectivity index (χ3v) is 4.57. The zero-order valence-electron chi connectivity index (χ0n) is 13.9. The topological polar surface area (TPSA) is 79.1 Å². The Morgan fingerprint density at radius 3 is 3.00 bits per heavy atom. The van der Waals surface area contributed by atoms with E-state index in [1.165, 1.54) is 44.9 Å².